The molecule has 18 heavy (non-hydrogen) atoms. The molecule has 0 radical (unpaired) electrons. The van der Waals surface area contributed by atoms with E-state index in [-0.39, 0.29) is 16.3 Å². The van der Waals surface area contributed by atoms with Gasteiger partial charge in [-0.15, -0.1) is 0 Å². The van der Waals surface area contributed by atoms with E-state index in [1.54, 1.807) is 12.1 Å². The van der Waals surface area contributed by atoms with E-state index >= 15 is 0 Å². The van der Waals surface area contributed by atoms with Gasteiger partial charge in [-0.2, -0.15) is 0 Å². The maximum atomic E-state index is 13.4. The number of carbonyl (C=O) groups is 1. The minimum absolute atomic E-state index is 0.0948. The van der Waals surface area contributed by atoms with Crippen LogP contribution >= 0.6 is 23.2 Å². The third kappa shape index (κ3) is 2.81. The zero-order valence-corrected chi connectivity index (χ0v) is 10.5. The van der Waals surface area contributed by atoms with Gasteiger partial charge in [0, 0.05) is 11.1 Å². The molecule has 2 nitrogen and oxygen atoms in total. The summed E-state index contributed by atoms with van der Waals surface area (Å²) in [5, 5.41) is 0.597. The highest BCUT2D eigenvalue weighted by Crippen LogP contribution is 2.28. The summed E-state index contributed by atoms with van der Waals surface area (Å²) in [5.41, 5.74) is -0.159. The van der Waals surface area contributed by atoms with Crippen molar-refractivity contribution < 1.29 is 13.9 Å². The number of hydrogen-bond acceptors (Lipinski definition) is 2. The highest BCUT2D eigenvalue weighted by molar-refractivity contribution is 6.34. The fraction of sp³-hybridized carbons (Fsp3) is 0. The third-order valence-electron chi connectivity index (χ3n) is 2.19. The Labute approximate surface area is 113 Å². The van der Waals surface area contributed by atoms with Crippen molar-refractivity contribution in [1.82, 2.24) is 0 Å². The molecule has 0 saturated carbocycles. The Hall–Kier alpha value is -1.58. The summed E-state index contributed by atoms with van der Waals surface area (Å²) in [6, 6.07) is 9.98. The predicted octanol–water partition coefficient (Wildman–Crippen LogP) is 4.35. The van der Waals surface area contributed by atoms with Crippen molar-refractivity contribution in [2.45, 2.75) is 0 Å². The number of halogens is 3. The van der Waals surface area contributed by atoms with Crippen LogP contribution in [-0.4, -0.2) is 5.97 Å². The summed E-state index contributed by atoms with van der Waals surface area (Å²) in [6.07, 6.45) is 0. The smallest absolute Gasteiger partial charge is 0.346 e. The van der Waals surface area contributed by atoms with Crippen LogP contribution in [0.1, 0.15) is 10.4 Å². The minimum Gasteiger partial charge on any atom is -0.421 e. The highest BCUT2D eigenvalue weighted by Gasteiger charge is 2.15. The Morgan fingerprint density at radius 1 is 1.11 bits per heavy atom. The molecule has 0 aliphatic heterocycles. The van der Waals surface area contributed by atoms with Crippen molar-refractivity contribution in [2.75, 3.05) is 0 Å². The molecule has 0 fully saturated rings. The van der Waals surface area contributed by atoms with E-state index in [9.17, 15) is 9.18 Å². The van der Waals surface area contributed by atoms with Gasteiger partial charge in [-0.25, -0.2) is 9.18 Å². The molecule has 92 valence electrons. The molecule has 5 heteroatoms. The van der Waals surface area contributed by atoms with Crippen molar-refractivity contribution in [2.24, 2.45) is 0 Å². The van der Waals surface area contributed by atoms with E-state index in [0.717, 1.165) is 0 Å². The zero-order chi connectivity index (χ0) is 13.1. The second kappa shape index (κ2) is 5.38. The van der Waals surface area contributed by atoms with Crippen LogP contribution in [0.4, 0.5) is 4.39 Å². The summed E-state index contributed by atoms with van der Waals surface area (Å²) in [5.74, 6) is -1.38. The zero-order valence-electron chi connectivity index (χ0n) is 8.99. The lowest BCUT2D eigenvalue weighted by Gasteiger charge is -2.07. The van der Waals surface area contributed by atoms with E-state index in [0.29, 0.717) is 5.02 Å². The molecular formula is C13H7Cl2FO2. The van der Waals surface area contributed by atoms with Crippen LogP contribution in [0, 0.1) is 5.82 Å². The molecule has 0 bridgehead atoms. The SMILES string of the molecule is O=C(Oc1cc(Cl)ccc1Cl)c1ccccc1F. The summed E-state index contributed by atoms with van der Waals surface area (Å²) in [7, 11) is 0. The fourth-order valence-electron chi connectivity index (χ4n) is 1.34. The van der Waals surface area contributed by atoms with E-state index < -0.39 is 11.8 Å². The molecule has 2 rings (SSSR count). The Balaban J connectivity index is 2.27. The first-order chi connectivity index (χ1) is 8.58. The quantitative estimate of drug-likeness (QED) is 0.605. The standard InChI is InChI=1S/C13H7Cl2FO2/c14-8-5-6-10(15)12(7-8)18-13(17)9-3-1-2-4-11(9)16/h1-7H. The number of rotatable bonds is 2. The Kier molecular flexibility index (Phi) is 3.84. The Morgan fingerprint density at radius 3 is 2.56 bits per heavy atom. The number of hydrogen-bond donors (Lipinski definition) is 0. The first-order valence-corrected chi connectivity index (χ1v) is 5.75. The molecule has 2 aromatic carbocycles. The molecule has 0 aromatic heterocycles. The van der Waals surface area contributed by atoms with Crippen molar-refractivity contribution >= 4 is 29.2 Å². The van der Waals surface area contributed by atoms with Crippen molar-refractivity contribution in [1.29, 1.82) is 0 Å². The third-order valence-corrected chi connectivity index (χ3v) is 2.74. The summed E-state index contributed by atoms with van der Waals surface area (Å²) in [4.78, 5) is 11.7. The molecule has 0 atom stereocenters. The number of ether oxygens (including phenoxy) is 1. The van der Waals surface area contributed by atoms with Crippen LogP contribution in [0.2, 0.25) is 10.0 Å². The van der Waals surface area contributed by atoms with Gasteiger partial charge in [0.1, 0.15) is 5.82 Å². The largest absolute Gasteiger partial charge is 0.421 e. The molecule has 0 spiro atoms. The van der Waals surface area contributed by atoms with Crippen molar-refractivity contribution in [3.8, 4) is 5.75 Å². The lowest BCUT2D eigenvalue weighted by atomic mass is 10.2. The molecule has 2 aromatic rings. The average molecular weight is 285 g/mol. The highest BCUT2D eigenvalue weighted by atomic mass is 35.5. The van der Waals surface area contributed by atoms with Gasteiger partial charge in [-0.1, -0.05) is 35.3 Å². The molecule has 0 aliphatic rings. The molecule has 0 aliphatic carbocycles. The van der Waals surface area contributed by atoms with Crippen molar-refractivity contribution in [3.05, 3.63) is 63.9 Å². The number of carbonyl (C=O) groups excluding carboxylic acids is 1. The Bertz CT molecular complexity index is 599. The van der Waals surface area contributed by atoms with Gasteiger partial charge in [-0.05, 0) is 24.3 Å². The fourth-order valence-corrected chi connectivity index (χ4v) is 1.66. The Morgan fingerprint density at radius 2 is 1.83 bits per heavy atom. The second-order valence-electron chi connectivity index (χ2n) is 3.44. The molecular weight excluding hydrogens is 278 g/mol. The first kappa shape index (κ1) is 12.9. The molecule has 0 N–H and O–H groups in total. The topological polar surface area (TPSA) is 26.3 Å². The van der Waals surface area contributed by atoms with Crippen LogP contribution in [0.5, 0.6) is 5.75 Å². The van der Waals surface area contributed by atoms with E-state index in [2.05, 4.69) is 0 Å². The summed E-state index contributed by atoms with van der Waals surface area (Å²) >= 11 is 11.6. The maximum absolute atomic E-state index is 13.4. The van der Waals surface area contributed by atoms with Crippen LogP contribution < -0.4 is 4.74 Å². The van der Waals surface area contributed by atoms with Gasteiger partial charge in [0.2, 0.25) is 0 Å². The van der Waals surface area contributed by atoms with Crippen LogP contribution in [0.3, 0.4) is 0 Å². The number of benzene rings is 2. The molecule has 0 saturated heterocycles. The normalized spacial score (nSPS) is 10.2. The minimum atomic E-state index is -0.822. The second-order valence-corrected chi connectivity index (χ2v) is 4.29. The van der Waals surface area contributed by atoms with Gasteiger partial charge in [0.05, 0.1) is 10.6 Å². The van der Waals surface area contributed by atoms with Gasteiger partial charge in [-0.3, -0.25) is 0 Å². The van der Waals surface area contributed by atoms with E-state index in [1.807, 2.05) is 0 Å². The molecule has 0 unspecified atom stereocenters. The van der Waals surface area contributed by atoms with E-state index in [4.69, 9.17) is 27.9 Å². The lowest BCUT2D eigenvalue weighted by Crippen LogP contribution is -2.10. The molecule has 0 amide bonds. The van der Waals surface area contributed by atoms with Crippen LogP contribution in [-0.2, 0) is 0 Å². The predicted molar refractivity (Wildman–Crippen MR) is 67.8 cm³/mol. The summed E-state index contributed by atoms with van der Waals surface area (Å²) in [6.45, 7) is 0. The first-order valence-electron chi connectivity index (χ1n) is 4.99. The maximum Gasteiger partial charge on any atom is 0.346 e. The van der Waals surface area contributed by atoms with E-state index in [1.165, 1.54) is 30.3 Å². The summed E-state index contributed by atoms with van der Waals surface area (Å²) < 4.78 is 18.4. The lowest BCUT2D eigenvalue weighted by molar-refractivity contribution is 0.0730. The average Bonchev–Trinajstić information content (AvgIpc) is 2.34. The van der Waals surface area contributed by atoms with Gasteiger partial charge in [0.15, 0.2) is 5.75 Å². The molecule has 0 heterocycles. The van der Waals surface area contributed by atoms with Crippen LogP contribution in [0.25, 0.3) is 0 Å². The van der Waals surface area contributed by atoms with Crippen LogP contribution in [0.15, 0.2) is 42.5 Å². The van der Waals surface area contributed by atoms with Gasteiger partial charge in [0.25, 0.3) is 0 Å². The van der Waals surface area contributed by atoms with Gasteiger partial charge >= 0.3 is 5.97 Å². The van der Waals surface area contributed by atoms with Crippen molar-refractivity contribution in [3.63, 3.8) is 0 Å². The van der Waals surface area contributed by atoms with Gasteiger partial charge < -0.3 is 4.74 Å². The monoisotopic (exact) mass is 284 g/mol. The number of esters is 1.